The molecule has 1 aliphatic carbocycles. The predicted molar refractivity (Wildman–Crippen MR) is 88.4 cm³/mol. The second kappa shape index (κ2) is 8.18. The second-order valence-electron chi connectivity index (χ2n) is 6.13. The molecule has 116 valence electrons. The Morgan fingerprint density at radius 2 is 2.05 bits per heavy atom. The third-order valence-electron chi connectivity index (χ3n) is 4.33. The van der Waals surface area contributed by atoms with E-state index in [0.29, 0.717) is 6.04 Å². The summed E-state index contributed by atoms with van der Waals surface area (Å²) in [4.78, 5) is 12.3. The molecular weight excluding hydrogens is 260 g/mol. The van der Waals surface area contributed by atoms with Crippen molar-refractivity contribution in [3.63, 3.8) is 0 Å². The zero-order chi connectivity index (χ0) is 15.1. The molecule has 1 aromatic carbocycles. The molecule has 1 fully saturated rings. The van der Waals surface area contributed by atoms with Crippen LogP contribution in [0.25, 0.3) is 0 Å². The Morgan fingerprint density at radius 3 is 2.76 bits per heavy atom. The molecule has 0 spiro atoms. The maximum absolute atomic E-state index is 12.3. The minimum absolute atomic E-state index is 0.195. The smallest absolute Gasteiger partial charge is 0.227 e. The molecular formula is C18H28N2O. The Balaban J connectivity index is 1.95. The fourth-order valence-corrected chi connectivity index (χ4v) is 2.97. The number of hydrogen-bond donors (Lipinski definition) is 2. The monoisotopic (exact) mass is 288 g/mol. The van der Waals surface area contributed by atoms with E-state index in [2.05, 4.69) is 36.6 Å². The molecule has 1 unspecified atom stereocenters. The SMILES string of the molecule is CCCNC(C)c1cccc(NC(=O)C2CCCCC2)c1. The number of anilines is 1. The summed E-state index contributed by atoms with van der Waals surface area (Å²) in [6.45, 7) is 5.35. The largest absolute Gasteiger partial charge is 0.326 e. The van der Waals surface area contributed by atoms with E-state index < -0.39 is 0 Å². The summed E-state index contributed by atoms with van der Waals surface area (Å²) in [5.74, 6) is 0.402. The van der Waals surface area contributed by atoms with Gasteiger partial charge in [0.1, 0.15) is 0 Å². The van der Waals surface area contributed by atoms with Crippen LogP contribution in [0.1, 0.15) is 64.0 Å². The Bertz CT molecular complexity index is 452. The van der Waals surface area contributed by atoms with Crippen LogP contribution in [0.2, 0.25) is 0 Å². The first-order valence-corrected chi connectivity index (χ1v) is 8.35. The topological polar surface area (TPSA) is 41.1 Å². The first-order chi connectivity index (χ1) is 10.2. The van der Waals surface area contributed by atoms with Crippen LogP contribution in [0.15, 0.2) is 24.3 Å². The molecule has 0 bridgehead atoms. The molecule has 1 atom stereocenters. The molecule has 0 heterocycles. The van der Waals surface area contributed by atoms with Gasteiger partial charge < -0.3 is 10.6 Å². The normalized spacial score (nSPS) is 17.4. The van der Waals surface area contributed by atoms with Crippen molar-refractivity contribution in [2.24, 2.45) is 5.92 Å². The van der Waals surface area contributed by atoms with E-state index in [-0.39, 0.29) is 11.8 Å². The maximum Gasteiger partial charge on any atom is 0.227 e. The number of hydrogen-bond acceptors (Lipinski definition) is 2. The van der Waals surface area contributed by atoms with Gasteiger partial charge in [-0.2, -0.15) is 0 Å². The van der Waals surface area contributed by atoms with E-state index in [1.54, 1.807) is 0 Å². The molecule has 0 aliphatic heterocycles. The molecule has 0 saturated heterocycles. The van der Waals surface area contributed by atoms with Gasteiger partial charge >= 0.3 is 0 Å². The van der Waals surface area contributed by atoms with Gasteiger partial charge in [-0.25, -0.2) is 0 Å². The van der Waals surface area contributed by atoms with Crippen LogP contribution in [0, 0.1) is 5.92 Å². The van der Waals surface area contributed by atoms with Crippen molar-refractivity contribution < 1.29 is 4.79 Å². The van der Waals surface area contributed by atoms with Crippen LogP contribution >= 0.6 is 0 Å². The summed E-state index contributed by atoms with van der Waals surface area (Å²) < 4.78 is 0. The lowest BCUT2D eigenvalue weighted by molar-refractivity contribution is -0.120. The summed E-state index contributed by atoms with van der Waals surface area (Å²) in [5, 5.41) is 6.58. The van der Waals surface area contributed by atoms with E-state index in [0.717, 1.165) is 31.5 Å². The maximum atomic E-state index is 12.3. The summed E-state index contributed by atoms with van der Waals surface area (Å²) in [5.41, 5.74) is 2.15. The lowest BCUT2D eigenvalue weighted by Crippen LogP contribution is -2.25. The van der Waals surface area contributed by atoms with Crippen LogP contribution in [-0.4, -0.2) is 12.5 Å². The average Bonchev–Trinajstić information content (AvgIpc) is 2.53. The van der Waals surface area contributed by atoms with Crippen molar-refractivity contribution in [3.05, 3.63) is 29.8 Å². The highest BCUT2D eigenvalue weighted by atomic mass is 16.1. The minimum Gasteiger partial charge on any atom is -0.326 e. The molecule has 21 heavy (non-hydrogen) atoms. The van der Waals surface area contributed by atoms with Crippen LogP contribution in [-0.2, 0) is 4.79 Å². The highest BCUT2D eigenvalue weighted by molar-refractivity contribution is 5.92. The third-order valence-corrected chi connectivity index (χ3v) is 4.33. The Labute approximate surface area is 128 Å². The molecule has 0 aromatic heterocycles. The van der Waals surface area contributed by atoms with Crippen LogP contribution in [0.5, 0.6) is 0 Å². The first kappa shape index (κ1) is 16.0. The lowest BCUT2D eigenvalue weighted by atomic mass is 9.88. The first-order valence-electron chi connectivity index (χ1n) is 8.35. The molecule has 2 N–H and O–H groups in total. The molecule has 0 radical (unpaired) electrons. The number of carbonyl (C=O) groups is 1. The minimum atomic E-state index is 0.195. The standard InChI is InChI=1S/C18H28N2O/c1-3-12-19-14(2)16-10-7-11-17(13-16)20-18(21)15-8-5-4-6-9-15/h7,10-11,13-15,19H,3-6,8-9,12H2,1-2H3,(H,20,21). The molecule has 1 amide bonds. The fourth-order valence-electron chi connectivity index (χ4n) is 2.97. The average molecular weight is 288 g/mol. The van der Waals surface area contributed by atoms with Crippen molar-refractivity contribution in [2.75, 3.05) is 11.9 Å². The third kappa shape index (κ3) is 4.85. The highest BCUT2D eigenvalue weighted by Gasteiger charge is 2.21. The summed E-state index contributed by atoms with van der Waals surface area (Å²) >= 11 is 0. The van der Waals surface area contributed by atoms with E-state index in [4.69, 9.17) is 0 Å². The Kier molecular flexibility index (Phi) is 6.24. The van der Waals surface area contributed by atoms with Crippen molar-refractivity contribution in [1.29, 1.82) is 0 Å². The van der Waals surface area contributed by atoms with E-state index in [1.807, 2.05) is 12.1 Å². The molecule has 3 heteroatoms. The van der Waals surface area contributed by atoms with E-state index >= 15 is 0 Å². The number of nitrogens with one attached hydrogen (secondary N) is 2. The molecule has 1 aliphatic rings. The van der Waals surface area contributed by atoms with Gasteiger partial charge in [0.25, 0.3) is 0 Å². The Morgan fingerprint density at radius 1 is 1.29 bits per heavy atom. The zero-order valence-electron chi connectivity index (χ0n) is 13.3. The molecule has 1 aromatic rings. The van der Waals surface area contributed by atoms with Gasteiger partial charge in [0, 0.05) is 17.6 Å². The van der Waals surface area contributed by atoms with Gasteiger partial charge in [-0.05, 0) is 50.4 Å². The summed E-state index contributed by atoms with van der Waals surface area (Å²) in [6, 6.07) is 8.53. The second-order valence-corrected chi connectivity index (χ2v) is 6.13. The van der Waals surface area contributed by atoms with Gasteiger partial charge in [0.15, 0.2) is 0 Å². The highest BCUT2D eigenvalue weighted by Crippen LogP contribution is 2.25. The van der Waals surface area contributed by atoms with Gasteiger partial charge in [-0.15, -0.1) is 0 Å². The van der Waals surface area contributed by atoms with Crippen LogP contribution in [0.3, 0.4) is 0 Å². The number of carbonyl (C=O) groups excluding carboxylic acids is 1. The van der Waals surface area contributed by atoms with Gasteiger partial charge in [-0.3, -0.25) is 4.79 Å². The van der Waals surface area contributed by atoms with Gasteiger partial charge in [-0.1, -0.05) is 38.3 Å². The zero-order valence-corrected chi connectivity index (χ0v) is 13.3. The van der Waals surface area contributed by atoms with Gasteiger partial charge in [0.2, 0.25) is 5.91 Å². The molecule has 2 rings (SSSR count). The quantitative estimate of drug-likeness (QED) is 0.821. The van der Waals surface area contributed by atoms with Gasteiger partial charge in [0.05, 0.1) is 0 Å². The van der Waals surface area contributed by atoms with E-state index in [9.17, 15) is 4.79 Å². The lowest BCUT2D eigenvalue weighted by Gasteiger charge is -2.21. The van der Waals surface area contributed by atoms with Crippen molar-refractivity contribution in [2.45, 2.75) is 58.4 Å². The molecule has 1 saturated carbocycles. The molecule has 3 nitrogen and oxygen atoms in total. The fraction of sp³-hybridized carbons (Fsp3) is 0.611. The van der Waals surface area contributed by atoms with Crippen LogP contribution < -0.4 is 10.6 Å². The van der Waals surface area contributed by atoms with Crippen molar-refractivity contribution in [3.8, 4) is 0 Å². The Hall–Kier alpha value is -1.35. The van der Waals surface area contributed by atoms with Crippen molar-refractivity contribution in [1.82, 2.24) is 5.32 Å². The summed E-state index contributed by atoms with van der Waals surface area (Å²) in [6.07, 6.45) is 6.87. The number of amides is 1. The van der Waals surface area contributed by atoms with Crippen LogP contribution in [0.4, 0.5) is 5.69 Å². The number of rotatable bonds is 6. The van der Waals surface area contributed by atoms with E-state index in [1.165, 1.54) is 24.8 Å². The summed E-state index contributed by atoms with van der Waals surface area (Å²) in [7, 11) is 0. The number of benzene rings is 1. The predicted octanol–water partition coefficient (Wildman–Crippen LogP) is 4.27. The van der Waals surface area contributed by atoms with Crippen molar-refractivity contribution >= 4 is 11.6 Å².